The molecule has 0 aliphatic rings. The molecule has 3 rings (SSSR count). The van der Waals surface area contributed by atoms with E-state index in [0.29, 0.717) is 34.7 Å². The van der Waals surface area contributed by atoms with Gasteiger partial charge in [-0.2, -0.15) is 5.26 Å². The van der Waals surface area contributed by atoms with Crippen molar-refractivity contribution in [2.45, 2.75) is 26.2 Å². The average Bonchev–Trinajstić information content (AvgIpc) is 2.83. The van der Waals surface area contributed by atoms with Crippen LogP contribution in [0.1, 0.15) is 42.3 Å². The zero-order valence-electron chi connectivity index (χ0n) is 18.7. The molecule has 0 saturated carbocycles. The third kappa shape index (κ3) is 5.06. The fraction of sp³-hybridized carbons (Fsp3) is 0.269. The Kier molecular flexibility index (Phi) is 7.11. The molecule has 0 fully saturated rings. The largest absolute Gasteiger partial charge is 0.497 e. The Bertz CT molecular complexity index is 1130. The monoisotopic (exact) mass is 430 g/mol. The molecule has 3 aromatic rings. The summed E-state index contributed by atoms with van der Waals surface area (Å²) in [6, 6.07) is 18.6. The summed E-state index contributed by atoms with van der Waals surface area (Å²) in [5.41, 5.74) is 2.65. The molecule has 164 valence electrons. The van der Waals surface area contributed by atoms with Crippen LogP contribution in [0.15, 0.2) is 60.8 Å². The fourth-order valence-electron chi connectivity index (χ4n) is 3.28. The van der Waals surface area contributed by atoms with Gasteiger partial charge in [0.05, 0.1) is 37.1 Å². The van der Waals surface area contributed by atoms with Crippen molar-refractivity contribution >= 4 is 5.97 Å². The van der Waals surface area contributed by atoms with Crippen LogP contribution in [-0.4, -0.2) is 31.3 Å². The number of aromatic nitrogens is 1. The van der Waals surface area contributed by atoms with Gasteiger partial charge in [-0.25, -0.2) is 4.79 Å². The smallest absolute Gasteiger partial charge is 0.340 e. The molecular weight excluding hydrogens is 404 g/mol. The molecule has 0 bridgehead atoms. The van der Waals surface area contributed by atoms with Crippen molar-refractivity contribution in [3.05, 3.63) is 77.5 Å². The van der Waals surface area contributed by atoms with E-state index in [1.54, 1.807) is 50.6 Å². The van der Waals surface area contributed by atoms with Crippen molar-refractivity contribution in [1.29, 1.82) is 5.26 Å². The fourth-order valence-corrected chi connectivity index (χ4v) is 3.28. The Hall–Kier alpha value is -3.85. The second-order valence-electron chi connectivity index (χ2n) is 7.84. The predicted molar refractivity (Wildman–Crippen MR) is 122 cm³/mol. The van der Waals surface area contributed by atoms with E-state index >= 15 is 0 Å². The molecule has 0 saturated heterocycles. The topological polar surface area (TPSA) is 81.4 Å². The number of nitrogens with zero attached hydrogens (tertiary/aromatic N) is 2. The first kappa shape index (κ1) is 22.8. The van der Waals surface area contributed by atoms with Crippen molar-refractivity contribution in [2.24, 2.45) is 0 Å². The van der Waals surface area contributed by atoms with Crippen molar-refractivity contribution in [2.75, 3.05) is 20.3 Å². The van der Waals surface area contributed by atoms with Gasteiger partial charge in [0.2, 0.25) is 0 Å². The normalized spacial score (nSPS) is 10.8. The molecule has 0 spiro atoms. The molecule has 1 heterocycles. The quantitative estimate of drug-likeness (QED) is 0.459. The van der Waals surface area contributed by atoms with Crippen LogP contribution in [0.3, 0.4) is 0 Å². The molecule has 0 radical (unpaired) electrons. The minimum absolute atomic E-state index is 0.271. The van der Waals surface area contributed by atoms with Crippen molar-refractivity contribution in [3.63, 3.8) is 0 Å². The number of hydrogen-bond donors (Lipinski definition) is 0. The van der Waals surface area contributed by atoms with Gasteiger partial charge < -0.3 is 14.2 Å². The molecule has 0 unspecified atom stereocenters. The maximum Gasteiger partial charge on any atom is 0.340 e. The van der Waals surface area contributed by atoms with Crippen molar-refractivity contribution in [1.82, 2.24) is 4.98 Å². The first-order chi connectivity index (χ1) is 15.4. The van der Waals surface area contributed by atoms with Gasteiger partial charge in [-0.1, -0.05) is 26.0 Å². The summed E-state index contributed by atoms with van der Waals surface area (Å²) in [6.45, 7) is 6.56. The van der Waals surface area contributed by atoms with Crippen LogP contribution in [0.2, 0.25) is 0 Å². The standard InChI is InChI=1S/C26H26N2O4/c1-5-31-25(29)22-7-6-14-28-24(22)18-8-13-23(19(15-18)16-27)32-17-26(2,3)20-9-11-21(30-4)12-10-20/h6-15H,5,17H2,1-4H3. The first-order valence-corrected chi connectivity index (χ1v) is 10.3. The molecular formula is C26H26N2O4. The highest BCUT2D eigenvalue weighted by Crippen LogP contribution is 2.30. The number of esters is 1. The number of nitriles is 1. The minimum Gasteiger partial charge on any atom is -0.497 e. The number of hydrogen-bond acceptors (Lipinski definition) is 6. The van der Waals surface area contributed by atoms with E-state index in [-0.39, 0.29) is 12.0 Å². The number of carbonyl (C=O) groups is 1. The summed E-state index contributed by atoms with van der Waals surface area (Å²) >= 11 is 0. The highest BCUT2D eigenvalue weighted by Gasteiger charge is 2.23. The Morgan fingerprint density at radius 1 is 1.12 bits per heavy atom. The lowest BCUT2D eigenvalue weighted by atomic mass is 9.85. The van der Waals surface area contributed by atoms with Crippen LogP contribution in [0.25, 0.3) is 11.3 Å². The molecule has 6 heteroatoms. The zero-order valence-corrected chi connectivity index (χ0v) is 18.7. The molecule has 32 heavy (non-hydrogen) atoms. The highest BCUT2D eigenvalue weighted by molar-refractivity contribution is 5.96. The average molecular weight is 431 g/mol. The van der Waals surface area contributed by atoms with E-state index in [2.05, 4.69) is 24.9 Å². The SMILES string of the molecule is CCOC(=O)c1cccnc1-c1ccc(OCC(C)(C)c2ccc(OC)cc2)c(C#N)c1. The summed E-state index contributed by atoms with van der Waals surface area (Å²) in [5, 5.41) is 9.70. The third-order valence-electron chi connectivity index (χ3n) is 5.14. The first-order valence-electron chi connectivity index (χ1n) is 10.3. The number of benzene rings is 2. The zero-order chi connectivity index (χ0) is 23.1. The van der Waals surface area contributed by atoms with Crippen LogP contribution >= 0.6 is 0 Å². The van der Waals surface area contributed by atoms with Crippen LogP contribution in [0.4, 0.5) is 0 Å². The molecule has 0 aliphatic carbocycles. The lowest BCUT2D eigenvalue weighted by Gasteiger charge is -2.26. The van der Waals surface area contributed by atoms with Gasteiger partial charge >= 0.3 is 5.97 Å². The second kappa shape index (κ2) is 9.97. The number of methoxy groups -OCH3 is 1. The van der Waals surface area contributed by atoms with Crippen LogP contribution in [-0.2, 0) is 10.2 Å². The number of ether oxygens (including phenoxy) is 3. The Morgan fingerprint density at radius 2 is 1.88 bits per heavy atom. The molecule has 0 N–H and O–H groups in total. The van der Waals surface area contributed by atoms with Gasteiger partial charge in [-0.05, 0) is 55.0 Å². The Labute approximate surface area is 188 Å². The van der Waals surface area contributed by atoms with Gasteiger partial charge in [0.15, 0.2) is 0 Å². The molecule has 0 aliphatic heterocycles. The lowest BCUT2D eigenvalue weighted by Crippen LogP contribution is -2.26. The Balaban J connectivity index is 1.84. The van der Waals surface area contributed by atoms with Crippen molar-refractivity contribution in [3.8, 4) is 28.8 Å². The molecule has 2 aromatic carbocycles. The van der Waals surface area contributed by atoms with Gasteiger partial charge in [0.1, 0.15) is 17.6 Å². The number of carbonyl (C=O) groups excluding carboxylic acids is 1. The molecule has 0 atom stereocenters. The summed E-state index contributed by atoms with van der Waals surface area (Å²) in [7, 11) is 1.64. The highest BCUT2D eigenvalue weighted by atomic mass is 16.5. The predicted octanol–water partition coefficient (Wildman–Crippen LogP) is 5.16. The number of pyridine rings is 1. The van der Waals surface area contributed by atoms with E-state index in [4.69, 9.17) is 14.2 Å². The summed E-state index contributed by atoms with van der Waals surface area (Å²) in [4.78, 5) is 16.6. The van der Waals surface area contributed by atoms with E-state index in [1.165, 1.54) is 0 Å². The second-order valence-corrected chi connectivity index (χ2v) is 7.84. The van der Waals surface area contributed by atoms with Crippen LogP contribution < -0.4 is 9.47 Å². The van der Waals surface area contributed by atoms with Gasteiger partial charge in [0.25, 0.3) is 0 Å². The molecule has 1 aromatic heterocycles. The lowest BCUT2D eigenvalue weighted by molar-refractivity contribution is 0.0527. The molecule has 6 nitrogen and oxygen atoms in total. The van der Waals surface area contributed by atoms with Gasteiger partial charge in [-0.15, -0.1) is 0 Å². The minimum atomic E-state index is -0.448. The van der Waals surface area contributed by atoms with E-state index in [9.17, 15) is 10.1 Å². The third-order valence-corrected chi connectivity index (χ3v) is 5.14. The number of rotatable bonds is 8. The maximum atomic E-state index is 12.3. The van der Waals surface area contributed by atoms with Crippen LogP contribution in [0, 0.1) is 11.3 Å². The van der Waals surface area contributed by atoms with Gasteiger partial charge in [-0.3, -0.25) is 4.98 Å². The van der Waals surface area contributed by atoms with Crippen LogP contribution in [0.5, 0.6) is 11.5 Å². The maximum absolute atomic E-state index is 12.3. The molecule has 0 amide bonds. The van der Waals surface area contributed by atoms with E-state index in [0.717, 1.165) is 11.3 Å². The van der Waals surface area contributed by atoms with Crippen molar-refractivity contribution < 1.29 is 19.0 Å². The van der Waals surface area contributed by atoms with E-state index in [1.807, 2.05) is 24.3 Å². The van der Waals surface area contributed by atoms with Gasteiger partial charge in [0, 0.05) is 17.2 Å². The summed E-state index contributed by atoms with van der Waals surface area (Å²) < 4.78 is 16.4. The Morgan fingerprint density at radius 3 is 2.53 bits per heavy atom. The summed E-state index contributed by atoms with van der Waals surface area (Å²) in [5.74, 6) is 0.826. The van der Waals surface area contributed by atoms with E-state index < -0.39 is 5.97 Å². The summed E-state index contributed by atoms with van der Waals surface area (Å²) in [6.07, 6.45) is 1.60.